The molecule has 4 nitrogen and oxygen atoms in total. The van der Waals surface area contributed by atoms with Crippen molar-refractivity contribution in [1.29, 1.82) is 0 Å². The molecule has 0 saturated carbocycles. The Balaban J connectivity index is 1.99. The van der Waals surface area contributed by atoms with Crippen LogP contribution in [0.2, 0.25) is 0 Å². The zero-order chi connectivity index (χ0) is 13.5. The third-order valence-electron chi connectivity index (χ3n) is 2.61. The summed E-state index contributed by atoms with van der Waals surface area (Å²) in [5, 5.41) is 3.31. The monoisotopic (exact) mass is 258 g/mol. The zero-order valence-corrected chi connectivity index (χ0v) is 11.2. The van der Waals surface area contributed by atoms with Crippen molar-refractivity contribution in [1.82, 2.24) is 4.98 Å². The molecule has 2 rings (SSSR count). The number of aromatic nitrogens is 1. The Morgan fingerprint density at radius 2 is 2.00 bits per heavy atom. The summed E-state index contributed by atoms with van der Waals surface area (Å²) in [6.07, 6.45) is 0. The lowest BCUT2D eigenvalue weighted by Gasteiger charge is -2.09. The number of hydrogen-bond acceptors (Lipinski definition) is 4. The van der Waals surface area contributed by atoms with Crippen LogP contribution in [0.5, 0.6) is 11.6 Å². The van der Waals surface area contributed by atoms with Crippen molar-refractivity contribution in [3.05, 3.63) is 48.2 Å². The molecule has 1 N–H and O–H groups in total. The normalized spacial score (nSPS) is 10.0. The smallest absolute Gasteiger partial charge is 0.213 e. The van der Waals surface area contributed by atoms with Crippen molar-refractivity contribution in [3.63, 3.8) is 0 Å². The fraction of sp³-hybridized carbons (Fsp3) is 0.267. The average Bonchev–Trinajstić information content (AvgIpc) is 2.46. The molecule has 0 aliphatic heterocycles. The van der Waals surface area contributed by atoms with E-state index >= 15 is 0 Å². The number of hydrogen-bond donors (Lipinski definition) is 1. The van der Waals surface area contributed by atoms with Crippen LogP contribution in [0.1, 0.15) is 12.6 Å². The van der Waals surface area contributed by atoms with E-state index in [1.54, 1.807) is 7.11 Å². The van der Waals surface area contributed by atoms with Crippen LogP contribution in [0.3, 0.4) is 0 Å². The second kappa shape index (κ2) is 6.64. The molecule has 0 atom stereocenters. The number of nitrogens with one attached hydrogen (secondary N) is 1. The summed E-state index contributed by atoms with van der Waals surface area (Å²) < 4.78 is 10.6. The maximum absolute atomic E-state index is 5.46. The van der Waals surface area contributed by atoms with E-state index in [0.29, 0.717) is 19.0 Å². The number of methoxy groups -OCH3 is 1. The Bertz CT molecular complexity index is 529. The van der Waals surface area contributed by atoms with Gasteiger partial charge in [-0.15, -0.1) is 0 Å². The molecule has 1 aromatic carbocycles. The summed E-state index contributed by atoms with van der Waals surface area (Å²) in [6.45, 7) is 3.29. The predicted octanol–water partition coefficient (Wildman–Crippen LogP) is 3.10. The van der Waals surface area contributed by atoms with Crippen molar-refractivity contribution in [2.45, 2.75) is 13.5 Å². The summed E-state index contributed by atoms with van der Waals surface area (Å²) >= 11 is 0. The summed E-state index contributed by atoms with van der Waals surface area (Å²) in [7, 11) is 1.62. The van der Waals surface area contributed by atoms with Gasteiger partial charge in [-0.25, -0.2) is 4.98 Å². The van der Waals surface area contributed by atoms with Gasteiger partial charge in [-0.2, -0.15) is 0 Å². The highest BCUT2D eigenvalue weighted by molar-refractivity contribution is 5.48. The maximum Gasteiger partial charge on any atom is 0.213 e. The molecule has 0 saturated heterocycles. The minimum absolute atomic E-state index is 0.627. The molecule has 0 unspecified atom stereocenters. The van der Waals surface area contributed by atoms with Gasteiger partial charge in [0.1, 0.15) is 5.75 Å². The van der Waals surface area contributed by atoms with E-state index in [1.165, 1.54) is 0 Å². The average molecular weight is 258 g/mol. The molecular formula is C15H18N2O2. The quantitative estimate of drug-likeness (QED) is 0.864. The van der Waals surface area contributed by atoms with Gasteiger partial charge in [-0.05, 0) is 25.1 Å². The first-order chi connectivity index (χ1) is 9.31. The van der Waals surface area contributed by atoms with Crippen molar-refractivity contribution in [2.24, 2.45) is 0 Å². The number of pyridine rings is 1. The Hall–Kier alpha value is -2.23. The highest BCUT2D eigenvalue weighted by Crippen LogP contribution is 2.18. The number of benzene rings is 1. The van der Waals surface area contributed by atoms with Crippen LogP contribution in [0.15, 0.2) is 42.5 Å². The van der Waals surface area contributed by atoms with Gasteiger partial charge in [-0.1, -0.05) is 12.1 Å². The van der Waals surface area contributed by atoms with E-state index in [9.17, 15) is 0 Å². The lowest BCUT2D eigenvalue weighted by atomic mass is 10.3. The summed E-state index contributed by atoms with van der Waals surface area (Å²) in [4.78, 5) is 4.35. The predicted molar refractivity (Wildman–Crippen MR) is 75.7 cm³/mol. The molecule has 0 aliphatic rings. The van der Waals surface area contributed by atoms with Crippen LogP contribution in [0.25, 0.3) is 0 Å². The van der Waals surface area contributed by atoms with Crippen LogP contribution in [0.4, 0.5) is 5.69 Å². The molecule has 0 radical (unpaired) electrons. The van der Waals surface area contributed by atoms with Gasteiger partial charge in [0, 0.05) is 17.8 Å². The molecule has 0 aliphatic carbocycles. The SMILES string of the molecule is CCOc1cccc(NCc2cccc(OC)n2)c1. The number of nitrogens with zero attached hydrogens (tertiary/aromatic N) is 1. The third-order valence-corrected chi connectivity index (χ3v) is 2.61. The fourth-order valence-corrected chi connectivity index (χ4v) is 1.72. The molecular weight excluding hydrogens is 240 g/mol. The Labute approximate surface area is 113 Å². The van der Waals surface area contributed by atoms with E-state index in [2.05, 4.69) is 10.3 Å². The molecule has 0 spiro atoms. The minimum atomic E-state index is 0.627. The van der Waals surface area contributed by atoms with Crippen molar-refractivity contribution < 1.29 is 9.47 Å². The molecule has 2 aromatic rings. The second-order valence-corrected chi connectivity index (χ2v) is 3.99. The minimum Gasteiger partial charge on any atom is -0.494 e. The van der Waals surface area contributed by atoms with E-state index < -0.39 is 0 Å². The van der Waals surface area contributed by atoms with Gasteiger partial charge in [0.05, 0.1) is 26.0 Å². The van der Waals surface area contributed by atoms with Crippen LogP contribution in [0, 0.1) is 0 Å². The molecule has 19 heavy (non-hydrogen) atoms. The largest absolute Gasteiger partial charge is 0.494 e. The van der Waals surface area contributed by atoms with Gasteiger partial charge >= 0.3 is 0 Å². The Morgan fingerprint density at radius 1 is 1.16 bits per heavy atom. The lowest BCUT2D eigenvalue weighted by Crippen LogP contribution is -2.02. The number of ether oxygens (including phenoxy) is 2. The number of rotatable bonds is 6. The lowest BCUT2D eigenvalue weighted by molar-refractivity contribution is 0.340. The third kappa shape index (κ3) is 3.88. The Kier molecular flexibility index (Phi) is 4.61. The molecule has 100 valence electrons. The van der Waals surface area contributed by atoms with E-state index in [-0.39, 0.29) is 0 Å². The van der Waals surface area contributed by atoms with E-state index in [4.69, 9.17) is 9.47 Å². The fourth-order valence-electron chi connectivity index (χ4n) is 1.72. The van der Waals surface area contributed by atoms with Crippen LogP contribution in [-0.4, -0.2) is 18.7 Å². The van der Waals surface area contributed by atoms with Gasteiger partial charge in [0.25, 0.3) is 0 Å². The van der Waals surface area contributed by atoms with Gasteiger partial charge in [0.2, 0.25) is 5.88 Å². The van der Waals surface area contributed by atoms with Crippen LogP contribution < -0.4 is 14.8 Å². The first-order valence-corrected chi connectivity index (χ1v) is 6.28. The second-order valence-electron chi connectivity index (χ2n) is 3.99. The van der Waals surface area contributed by atoms with Crippen molar-refractivity contribution >= 4 is 5.69 Å². The molecule has 0 amide bonds. The van der Waals surface area contributed by atoms with Crippen molar-refractivity contribution in [2.75, 3.05) is 19.0 Å². The molecule has 1 aromatic heterocycles. The number of anilines is 1. The first-order valence-electron chi connectivity index (χ1n) is 6.28. The first kappa shape index (κ1) is 13.2. The van der Waals surface area contributed by atoms with Crippen LogP contribution >= 0.6 is 0 Å². The summed E-state index contributed by atoms with van der Waals surface area (Å²) in [6, 6.07) is 13.6. The van der Waals surface area contributed by atoms with Gasteiger partial charge in [-0.3, -0.25) is 0 Å². The van der Waals surface area contributed by atoms with Gasteiger partial charge in [0.15, 0.2) is 0 Å². The highest BCUT2D eigenvalue weighted by Gasteiger charge is 1.99. The molecule has 4 heteroatoms. The highest BCUT2D eigenvalue weighted by atomic mass is 16.5. The summed E-state index contributed by atoms with van der Waals surface area (Å²) in [5.74, 6) is 1.49. The molecule has 0 bridgehead atoms. The molecule has 1 heterocycles. The van der Waals surface area contributed by atoms with Gasteiger partial charge < -0.3 is 14.8 Å². The van der Waals surface area contributed by atoms with E-state index in [1.807, 2.05) is 49.4 Å². The Morgan fingerprint density at radius 3 is 2.79 bits per heavy atom. The maximum atomic E-state index is 5.46. The zero-order valence-electron chi connectivity index (χ0n) is 11.2. The topological polar surface area (TPSA) is 43.4 Å². The van der Waals surface area contributed by atoms with Crippen molar-refractivity contribution in [3.8, 4) is 11.6 Å². The standard InChI is InChI=1S/C15H18N2O2/c1-3-19-14-8-4-6-12(10-14)16-11-13-7-5-9-15(17-13)18-2/h4-10,16H,3,11H2,1-2H3. The molecule has 0 fully saturated rings. The van der Waals surface area contributed by atoms with E-state index in [0.717, 1.165) is 17.1 Å². The summed E-state index contributed by atoms with van der Waals surface area (Å²) in [5.41, 5.74) is 1.94. The van der Waals surface area contributed by atoms with Crippen LogP contribution in [-0.2, 0) is 6.54 Å².